The summed E-state index contributed by atoms with van der Waals surface area (Å²) in [6, 6.07) is 10.0. The van der Waals surface area contributed by atoms with Crippen LogP contribution in [0.3, 0.4) is 0 Å². The predicted molar refractivity (Wildman–Crippen MR) is 105 cm³/mol. The van der Waals surface area contributed by atoms with Gasteiger partial charge in [-0.1, -0.05) is 40.6 Å². The summed E-state index contributed by atoms with van der Waals surface area (Å²) >= 11 is 6.81. The molecule has 0 aliphatic rings. The van der Waals surface area contributed by atoms with E-state index >= 15 is 0 Å². The highest BCUT2D eigenvalue weighted by Crippen LogP contribution is 2.28. The normalized spacial score (nSPS) is 12.0. The number of halogens is 2. The number of thioether (sulfide) groups is 1. The SMILES string of the molecule is Cc1cc(C)cc(-c2nnc(S[C@H](C)C(=O)Nc3ccc(Cl)cc3F)o2)c1. The van der Waals surface area contributed by atoms with Crippen LogP contribution < -0.4 is 5.32 Å². The van der Waals surface area contributed by atoms with Gasteiger partial charge in [0.2, 0.25) is 11.8 Å². The lowest BCUT2D eigenvalue weighted by Crippen LogP contribution is -2.23. The molecule has 0 saturated carbocycles. The first-order valence-corrected chi connectivity index (χ1v) is 9.42. The number of carbonyl (C=O) groups excluding carboxylic acids is 1. The number of amides is 1. The second kappa shape index (κ2) is 8.10. The molecule has 8 heteroatoms. The smallest absolute Gasteiger partial charge is 0.277 e. The summed E-state index contributed by atoms with van der Waals surface area (Å²) in [4.78, 5) is 12.3. The molecule has 3 rings (SSSR count). The van der Waals surface area contributed by atoms with E-state index in [9.17, 15) is 9.18 Å². The van der Waals surface area contributed by atoms with Crippen LogP contribution in [0, 0.1) is 19.7 Å². The predicted octanol–water partition coefficient (Wildman–Crippen LogP) is 5.27. The second-order valence-electron chi connectivity index (χ2n) is 6.12. The number of aryl methyl sites for hydroxylation is 2. The first-order valence-electron chi connectivity index (χ1n) is 8.16. The minimum Gasteiger partial charge on any atom is -0.411 e. The van der Waals surface area contributed by atoms with Crippen molar-refractivity contribution in [1.82, 2.24) is 10.2 Å². The highest BCUT2D eigenvalue weighted by Gasteiger charge is 2.20. The van der Waals surface area contributed by atoms with Crippen LogP contribution in [-0.4, -0.2) is 21.4 Å². The number of hydrogen-bond acceptors (Lipinski definition) is 5. The molecule has 0 radical (unpaired) electrons. The molecule has 5 nitrogen and oxygen atoms in total. The van der Waals surface area contributed by atoms with Crippen molar-refractivity contribution in [2.75, 3.05) is 5.32 Å². The molecule has 1 amide bonds. The number of carbonyl (C=O) groups is 1. The Balaban J connectivity index is 1.68. The summed E-state index contributed by atoms with van der Waals surface area (Å²) in [5.41, 5.74) is 3.08. The van der Waals surface area contributed by atoms with E-state index in [-0.39, 0.29) is 21.8 Å². The average molecular weight is 406 g/mol. The first kappa shape index (κ1) is 19.4. The van der Waals surface area contributed by atoms with Crippen molar-refractivity contribution >= 4 is 35.0 Å². The van der Waals surface area contributed by atoms with Gasteiger partial charge in [0.1, 0.15) is 5.82 Å². The van der Waals surface area contributed by atoms with Gasteiger partial charge in [0.05, 0.1) is 10.9 Å². The van der Waals surface area contributed by atoms with Gasteiger partial charge in [0.25, 0.3) is 5.22 Å². The van der Waals surface area contributed by atoms with Crippen LogP contribution in [0.15, 0.2) is 46.0 Å². The molecule has 0 bridgehead atoms. The zero-order valence-corrected chi connectivity index (χ0v) is 16.5. The standard InChI is InChI=1S/C19H17ClFN3O2S/c1-10-6-11(2)8-13(7-10)18-23-24-19(26-18)27-12(3)17(25)22-16-5-4-14(20)9-15(16)21/h4-9,12H,1-3H3,(H,22,25)/t12-/m1/s1. The van der Waals surface area contributed by atoms with Gasteiger partial charge >= 0.3 is 0 Å². The van der Waals surface area contributed by atoms with Gasteiger partial charge in [-0.25, -0.2) is 4.39 Å². The molecule has 0 fully saturated rings. The summed E-state index contributed by atoms with van der Waals surface area (Å²) < 4.78 is 19.5. The minimum atomic E-state index is -0.594. The van der Waals surface area contributed by atoms with Crippen molar-refractivity contribution in [1.29, 1.82) is 0 Å². The molecule has 0 aliphatic carbocycles. The summed E-state index contributed by atoms with van der Waals surface area (Å²) in [7, 11) is 0. The molecule has 3 aromatic rings. The van der Waals surface area contributed by atoms with Gasteiger partial charge in [-0.15, -0.1) is 10.2 Å². The Hall–Kier alpha value is -2.38. The van der Waals surface area contributed by atoms with Crippen LogP contribution in [0.4, 0.5) is 10.1 Å². The number of aromatic nitrogens is 2. The van der Waals surface area contributed by atoms with Crippen LogP contribution >= 0.6 is 23.4 Å². The van der Waals surface area contributed by atoms with Gasteiger partial charge in [0.15, 0.2) is 0 Å². The highest BCUT2D eigenvalue weighted by molar-refractivity contribution is 8.00. The van der Waals surface area contributed by atoms with Crippen LogP contribution in [0.5, 0.6) is 0 Å². The number of anilines is 1. The molecule has 0 aliphatic heterocycles. The molecule has 140 valence electrons. The summed E-state index contributed by atoms with van der Waals surface area (Å²) in [5, 5.41) is 10.5. The average Bonchev–Trinajstić information content (AvgIpc) is 3.05. The Labute approximate surface area is 165 Å². The summed E-state index contributed by atoms with van der Waals surface area (Å²) in [5.74, 6) is -0.587. The Morgan fingerprint density at radius 3 is 2.56 bits per heavy atom. The van der Waals surface area contributed by atoms with Gasteiger partial charge in [-0.05, 0) is 51.1 Å². The first-order chi connectivity index (χ1) is 12.8. The fourth-order valence-electron chi connectivity index (χ4n) is 2.50. The Morgan fingerprint density at radius 1 is 1.19 bits per heavy atom. The van der Waals surface area contributed by atoms with E-state index in [1.807, 2.05) is 26.0 Å². The van der Waals surface area contributed by atoms with Crippen molar-refractivity contribution < 1.29 is 13.6 Å². The summed E-state index contributed by atoms with van der Waals surface area (Å²) in [6.45, 7) is 5.66. The Morgan fingerprint density at radius 2 is 1.89 bits per heavy atom. The van der Waals surface area contributed by atoms with Crippen LogP contribution in [0.2, 0.25) is 5.02 Å². The minimum absolute atomic E-state index is 0.0679. The molecule has 1 heterocycles. The number of benzene rings is 2. The van der Waals surface area contributed by atoms with E-state index in [0.29, 0.717) is 5.89 Å². The van der Waals surface area contributed by atoms with E-state index in [0.717, 1.165) is 34.5 Å². The van der Waals surface area contributed by atoms with Crippen molar-refractivity contribution in [2.45, 2.75) is 31.2 Å². The van der Waals surface area contributed by atoms with Crippen LogP contribution in [0.1, 0.15) is 18.1 Å². The topological polar surface area (TPSA) is 68.0 Å². The van der Waals surface area contributed by atoms with E-state index in [1.54, 1.807) is 6.92 Å². The van der Waals surface area contributed by atoms with E-state index in [1.165, 1.54) is 12.1 Å². The number of hydrogen-bond donors (Lipinski definition) is 1. The van der Waals surface area contributed by atoms with Crippen LogP contribution in [-0.2, 0) is 4.79 Å². The largest absolute Gasteiger partial charge is 0.411 e. The molecule has 1 atom stereocenters. The number of nitrogens with one attached hydrogen (secondary N) is 1. The van der Waals surface area contributed by atoms with Gasteiger partial charge in [0, 0.05) is 10.6 Å². The van der Waals surface area contributed by atoms with Gasteiger partial charge in [-0.3, -0.25) is 4.79 Å². The van der Waals surface area contributed by atoms with Crippen molar-refractivity contribution in [3.05, 3.63) is 58.4 Å². The maximum absolute atomic E-state index is 13.8. The van der Waals surface area contributed by atoms with E-state index in [2.05, 4.69) is 21.6 Å². The van der Waals surface area contributed by atoms with Crippen molar-refractivity contribution in [3.63, 3.8) is 0 Å². The molecule has 0 saturated heterocycles. The molecule has 2 aromatic carbocycles. The van der Waals surface area contributed by atoms with Crippen molar-refractivity contribution in [2.24, 2.45) is 0 Å². The molecule has 1 N–H and O–H groups in total. The molecular formula is C19H17ClFN3O2S. The zero-order valence-electron chi connectivity index (χ0n) is 14.9. The van der Waals surface area contributed by atoms with Crippen molar-refractivity contribution in [3.8, 4) is 11.5 Å². The quantitative estimate of drug-likeness (QED) is 0.586. The monoisotopic (exact) mass is 405 g/mol. The lowest BCUT2D eigenvalue weighted by molar-refractivity contribution is -0.115. The lowest BCUT2D eigenvalue weighted by Gasteiger charge is -2.10. The molecule has 0 unspecified atom stereocenters. The van der Waals surface area contributed by atoms with Gasteiger partial charge < -0.3 is 9.73 Å². The third-order valence-corrected chi connectivity index (χ3v) is 4.88. The maximum atomic E-state index is 13.8. The Kier molecular flexibility index (Phi) is 5.82. The second-order valence-corrected chi connectivity index (χ2v) is 7.85. The molecular weight excluding hydrogens is 389 g/mol. The van der Waals surface area contributed by atoms with Crippen LogP contribution in [0.25, 0.3) is 11.5 Å². The third-order valence-electron chi connectivity index (χ3n) is 3.71. The summed E-state index contributed by atoms with van der Waals surface area (Å²) in [6.07, 6.45) is 0. The molecule has 27 heavy (non-hydrogen) atoms. The highest BCUT2D eigenvalue weighted by atomic mass is 35.5. The molecule has 1 aromatic heterocycles. The number of rotatable bonds is 5. The lowest BCUT2D eigenvalue weighted by atomic mass is 10.1. The number of nitrogens with zero attached hydrogens (tertiary/aromatic N) is 2. The zero-order chi connectivity index (χ0) is 19.6. The third kappa shape index (κ3) is 4.87. The van der Waals surface area contributed by atoms with E-state index in [4.69, 9.17) is 16.0 Å². The Bertz CT molecular complexity index is 973. The molecule has 0 spiro atoms. The van der Waals surface area contributed by atoms with Gasteiger partial charge in [-0.2, -0.15) is 0 Å². The van der Waals surface area contributed by atoms with E-state index < -0.39 is 11.1 Å². The fraction of sp³-hybridized carbons (Fsp3) is 0.211. The maximum Gasteiger partial charge on any atom is 0.277 e. The fourth-order valence-corrected chi connectivity index (χ4v) is 3.34.